The minimum atomic E-state index is -1.26. The minimum Gasteiger partial charge on any atom is -0.460 e. The van der Waals surface area contributed by atoms with Crippen LogP contribution in [0.2, 0.25) is 0 Å². The van der Waals surface area contributed by atoms with E-state index in [0.717, 1.165) is 6.07 Å². The van der Waals surface area contributed by atoms with Gasteiger partial charge in [-0.15, -0.1) is 0 Å². The van der Waals surface area contributed by atoms with Crippen LogP contribution in [0.15, 0.2) is 12.1 Å². The van der Waals surface area contributed by atoms with Crippen molar-refractivity contribution in [3.63, 3.8) is 0 Å². The van der Waals surface area contributed by atoms with Crippen LogP contribution in [-0.2, 0) is 16.0 Å². The third-order valence-corrected chi connectivity index (χ3v) is 2.42. The van der Waals surface area contributed by atoms with Crippen molar-refractivity contribution in [2.24, 2.45) is 5.73 Å². The molecular weight excluding hydrogens is 271 g/mol. The Morgan fingerprint density at radius 3 is 2.30 bits per heavy atom. The van der Waals surface area contributed by atoms with E-state index < -0.39 is 35.1 Å². The van der Waals surface area contributed by atoms with Crippen molar-refractivity contribution in [3.05, 3.63) is 35.1 Å². The monoisotopic (exact) mass is 289 g/mol. The molecule has 0 aliphatic carbocycles. The molecule has 20 heavy (non-hydrogen) atoms. The number of esters is 1. The molecule has 1 aromatic carbocycles. The first kappa shape index (κ1) is 16.5. The lowest BCUT2D eigenvalue weighted by Crippen LogP contribution is -2.31. The summed E-state index contributed by atoms with van der Waals surface area (Å²) in [7, 11) is 0. The SMILES string of the molecule is CC(C)(C)OC(=O)C[C@H](N)Cc1cc(F)c(F)cc1F. The molecule has 0 aliphatic heterocycles. The van der Waals surface area contributed by atoms with Gasteiger partial charge < -0.3 is 10.5 Å². The predicted octanol–water partition coefficient (Wildman–Crippen LogP) is 2.71. The number of hydrogen-bond donors (Lipinski definition) is 1. The van der Waals surface area contributed by atoms with E-state index in [1.54, 1.807) is 20.8 Å². The van der Waals surface area contributed by atoms with Gasteiger partial charge in [0.15, 0.2) is 11.6 Å². The Morgan fingerprint density at radius 2 is 1.75 bits per heavy atom. The third kappa shape index (κ3) is 5.21. The van der Waals surface area contributed by atoms with E-state index in [4.69, 9.17) is 10.5 Å². The molecule has 0 aromatic heterocycles. The van der Waals surface area contributed by atoms with Gasteiger partial charge in [-0.2, -0.15) is 0 Å². The van der Waals surface area contributed by atoms with E-state index in [2.05, 4.69) is 0 Å². The highest BCUT2D eigenvalue weighted by atomic mass is 19.2. The predicted molar refractivity (Wildman–Crippen MR) is 68.5 cm³/mol. The molecule has 0 unspecified atom stereocenters. The molecule has 0 fully saturated rings. The number of benzene rings is 1. The Labute approximate surface area is 115 Å². The van der Waals surface area contributed by atoms with Gasteiger partial charge in [0.25, 0.3) is 0 Å². The van der Waals surface area contributed by atoms with E-state index in [1.807, 2.05) is 0 Å². The van der Waals surface area contributed by atoms with E-state index in [0.29, 0.717) is 6.07 Å². The topological polar surface area (TPSA) is 52.3 Å². The molecule has 0 saturated carbocycles. The summed E-state index contributed by atoms with van der Waals surface area (Å²) in [5, 5.41) is 0. The normalized spacial score (nSPS) is 13.2. The number of halogens is 3. The zero-order valence-electron chi connectivity index (χ0n) is 11.7. The van der Waals surface area contributed by atoms with Crippen LogP contribution in [0.25, 0.3) is 0 Å². The Kier molecular flexibility index (Phi) is 5.16. The average Bonchev–Trinajstić information content (AvgIpc) is 2.22. The second-order valence-corrected chi connectivity index (χ2v) is 5.61. The fourth-order valence-electron chi connectivity index (χ4n) is 1.67. The van der Waals surface area contributed by atoms with Gasteiger partial charge in [-0.25, -0.2) is 13.2 Å². The van der Waals surface area contributed by atoms with Crippen LogP contribution < -0.4 is 5.73 Å². The molecule has 6 heteroatoms. The lowest BCUT2D eigenvalue weighted by molar-refractivity contribution is -0.155. The molecule has 0 radical (unpaired) electrons. The summed E-state index contributed by atoms with van der Waals surface area (Å²) >= 11 is 0. The van der Waals surface area contributed by atoms with E-state index in [-0.39, 0.29) is 18.4 Å². The molecule has 0 bridgehead atoms. The smallest absolute Gasteiger partial charge is 0.307 e. The molecule has 1 atom stereocenters. The fourth-order valence-corrected chi connectivity index (χ4v) is 1.67. The zero-order valence-corrected chi connectivity index (χ0v) is 11.7. The van der Waals surface area contributed by atoms with Crippen LogP contribution >= 0.6 is 0 Å². The van der Waals surface area contributed by atoms with Crippen molar-refractivity contribution in [1.82, 2.24) is 0 Å². The maximum Gasteiger partial charge on any atom is 0.307 e. The number of hydrogen-bond acceptors (Lipinski definition) is 3. The summed E-state index contributed by atoms with van der Waals surface area (Å²) in [6.07, 6.45) is -0.210. The number of nitrogens with two attached hydrogens (primary N) is 1. The second kappa shape index (κ2) is 6.26. The number of carbonyl (C=O) groups is 1. The number of ether oxygens (including phenoxy) is 1. The summed E-state index contributed by atoms with van der Waals surface area (Å²) in [6.45, 7) is 5.14. The van der Waals surface area contributed by atoms with E-state index in [9.17, 15) is 18.0 Å². The molecule has 0 spiro atoms. The Morgan fingerprint density at radius 1 is 1.20 bits per heavy atom. The van der Waals surface area contributed by atoms with Crippen LogP contribution in [0.5, 0.6) is 0 Å². The highest BCUT2D eigenvalue weighted by Gasteiger charge is 2.20. The van der Waals surface area contributed by atoms with Crippen LogP contribution in [-0.4, -0.2) is 17.6 Å². The molecule has 1 rings (SSSR count). The van der Waals surface area contributed by atoms with Crippen molar-refractivity contribution in [2.75, 3.05) is 0 Å². The van der Waals surface area contributed by atoms with Gasteiger partial charge in [0.1, 0.15) is 11.4 Å². The highest BCUT2D eigenvalue weighted by molar-refractivity contribution is 5.70. The molecule has 3 nitrogen and oxygen atoms in total. The Bertz CT molecular complexity index is 498. The molecule has 1 aromatic rings. The molecule has 112 valence electrons. The van der Waals surface area contributed by atoms with E-state index >= 15 is 0 Å². The largest absolute Gasteiger partial charge is 0.460 e. The lowest BCUT2D eigenvalue weighted by Gasteiger charge is -2.21. The van der Waals surface area contributed by atoms with Crippen LogP contribution in [0, 0.1) is 17.5 Å². The molecule has 0 aliphatic rings. The molecule has 0 heterocycles. The number of rotatable bonds is 4. The maximum absolute atomic E-state index is 13.4. The summed E-state index contributed by atoms with van der Waals surface area (Å²) in [5.41, 5.74) is 4.99. The third-order valence-electron chi connectivity index (χ3n) is 2.42. The van der Waals surface area contributed by atoms with Crippen LogP contribution in [0.1, 0.15) is 32.8 Å². The maximum atomic E-state index is 13.4. The van der Waals surface area contributed by atoms with Crippen molar-refractivity contribution in [3.8, 4) is 0 Å². The summed E-state index contributed by atoms with van der Waals surface area (Å²) in [5.74, 6) is -3.81. The van der Waals surface area contributed by atoms with Crippen molar-refractivity contribution < 1.29 is 22.7 Å². The average molecular weight is 289 g/mol. The first-order chi connectivity index (χ1) is 9.08. The molecule has 0 saturated heterocycles. The van der Waals surface area contributed by atoms with Gasteiger partial charge in [-0.1, -0.05) is 0 Å². The minimum absolute atomic E-state index is 0.0695. The standard InChI is InChI=1S/C14H18F3NO2/c1-14(2,3)20-13(19)6-9(18)4-8-5-11(16)12(17)7-10(8)15/h5,7,9H,4,6,18H2,1-3H3/t9-/m1/s1. The van der Waals surface area contributed by atoms with Gasteiger partial charge in [0.2, 0.25) is 0 Å². The first-order valence-corrected chi connectivity index (χ1v) is 6.19. The van der Waals surface area contributed by atoms with Gasteiger partial charge in [-0.05, 0) is 38.8 Å². The first-order valence-electron chi connectivity index (χ1n) is 6.19. The quantitative estimate of drug-likeness (QED) is 0.685. The van der Waals surface area contributed by atoms with Crippen LogP contribution in [0.3, 0.4) is 0 Å². The van der Waals surface area contributed by atoms with Crippen molar-refractivity contribution in [2.45, 2.75) is 45.3 Å². The Hall–Kier alpha value is -1.56. The fraction of sp³-hybridized carbons (Fsp3) is 0.500. The second-order valence-electron chi connectivity index (χ2n) is 5.61. The summed E-state index contributed by atoms with van der Waals surface area (Å²) in [4.78, 5) is 11.5. The summed E-state index contributed by atoms with van der Waals surface area (Å²) < 4.78 is 44.3. The molecular formula is C14H18F3NO2. The lowest BCUT2D eigenvalue weighted by atomic mass is 10.0. The zero-order chi connectivity index (χ0) is 15.5. The molecule has 0 amide bonds. The molecule has 2 N–H and O–H groups in total. The van der Waals surface area contributed by atoms with Crippen molar-refractivity contribution in [1.29, 1.82) is 0 Å². The van der Waals surface area contributed by atoms with Crippen molar-refractivity contribution >= 4 is 5.97 Å². The van der Waals surface area contributed by atoms with Crippen LogP contribution in [0.4, 0.5) is 13.2 Å². The highest BCUT2D eigenvalue weighted by Crippen LogP contribution is 2.16. The van der Waals surface area contributed by atoms with Gasteiger partial charge in [0, 0.05) is 12.1 Å². The van der Waals surface area contributed by atoms with Gasteiger partial charge in [0.05, 0.1) is 6.42 Å². The van der Waals surface area contributed by atoms with Gasteiger partial charge >= 0.3 is 5.97 Å². The van der Waals surface area contributed by atoms with Gasteiger partial charge in [-0.3, -0.25) is 4.79 Å². The Balaban J connectivity index is 2.65. The number of carbonyl (C=O) groups excluding carboxylic acids is 1. The van der Waals surface area contributed by atoms with E-state index in [1.165, 1.54) is 0 Å². The summed E-state index contributed by atoms with van der Waals surface area (Å²) in [6, 6.07) is 0.481.